The van der Waals surface area contributed by atoms with Crippen molar-refractivity contribution in [1.29, 1.82) is 0 Å². The van der Waals surface area contributed by atoms with E-state index < -0.39 is 15.8 Å². The molecule has 2 aromatic heterocycles. The van der Waals surface area contributed by atoms with Gasteiger partial charge >= 0.3 is 0 Å². The Kier molecular flexibility index (Phi) is 3.88. The monoisotopic (exact) mass is 350 g/mol. The Bertz CT molecular complexity index is 1090. The molecule has 0 atom stereocenters. The molecule has 0 saturated heterocycles. The number of aryl methyl sites for hydroxylation is 2. The molecule has 126 valence electrons. The van der Waals surface area contributed by atoms with Gasteiger partial charge in [0.05, 0.1) is 5.69 Å². The predicted molar refractivity (Wildman–Crippen MR) is 87.1 cm³/mol. The van der Waals surface area contributed by atoms with Crippen LogP contribution in [0.1, 0.15) is 12.5 Å². The maximum absolute atomic E-state index is 13.6. The molecule has 0 aliphatic heterocycles. The van der Waals surface area contributed by atoms with Gasteiger partial charge in [-0.25, -0.2) is 17.5 Å². The Morgan fingerprint density at radius 3 is 2.71 bits per heavy atom. The van der Waals surface area contributed by atoms with Crippen molar-refractivity contribution < 1.29 is 12.8 Å². The fourth-order valence-corrected chi connectivity index (χ4v) is 3.34. The second-order valence-electron chi connectivity index (χ2n) is 5.29. The first-order valence-corrected chi connectivity index (χ1v) is 8.67. The second-order valence-corrected chi connectivity index (χ2v) is 6.97. The Hall–Kier alpha value is -2.68. The van der Waals surface area contributed by atoms with Crippen LogP contribution in [0.3, 0.4) is 0 Å². The molecule has 0 aliphatic rings. The average Bonchev–Trinajstić information content (AvgIpc) is 2.97. The highest BCUT2D eigenvalue weighted by Gasteiger charge is 2.18. The average molecular weight is 350 g/mol. The SMILES string of the molecule is CCn1ncn2cc(S(=O)(=O)Nc3ccc(C)c(F)c3)cc2c1=O. The number of hydrogen-bond donors (Lipinski definition) is 1. The summed E-state index contributed by atoms with van der Waals surface area (Å²) in [5.74, 6) is -0.507. The van der Waals surface area contributed by atoms with E-state index in [1.165, 1.54) is 39.8 Å². The number of anilines is 1. The number of benzene rings is 1. The predicted octanol–water partition coefficient (Wildman–Crippen LogP) is 1.76. The van der Waals surface area contributed by atoms with E-state index in [-0.39, 0.29) is 21.7 Å². The number of fused-ring (bicyclic) bond motifs is 1. The molecule has 0 unspecified atom stereocenters. The molecule has 0 fully saturated rings. The van der Waals surface area contributed by atoms with Crippen LogP contribution in [0.2, 0.25) is 0 Å². The molecular formula is C15H15FN4O3S. The van der Waals surface area contributed by atoms with Crippen molar-refractivity contribution >= 4 is 21.2 Å². The molecule has 1 aromatic carbocycles. The normalized spacial score (nSPS) is 11.8. The maximum Gasteiger partial charge on any atom is 0.291 e. The van der Waals surface area contributed by atoms with E-state index in [1.807, 2.05) is 0 Å². The highest BCUT2D eigenvalue weighted by molar-refractivity contribution is 7.92. The zero-order chi connectivity index (χ0) is 17.5. The van der Waals surface area contributed by atoms with Crippen LogP contribution in [-0.4, -0.2) is 22.6 Å². The largest absolute Gasteiger partial charge is 0.300 e. The Morgan fingerprint density at radius 2 is 2.04 bits per heavy atom. The first-order chi connectivity index (χ1) is 11.3. The summed E-state index contributed by atoms with van der Waals surface area (Å²) in [5, 5.41) is 3.93. The summed E-state index contributed by atoms with van der Waals surface area (Å²) in [6.07, 6.45) is 2.65. The number of hydrogen-bond acceptors (Lipinski definition) is 4. The standard InChI is InChI=1S/C15H15FN4O3S/c1-3-20-15(21)14-7-12(8-19(14)9-17-20)24(22,23)18-11-5-4-10(2)13(16)6-11/h4-9,18H,3H2,1-2H3. The van der Waals surface area contributed by atoms with E-state index in [2.05, 4.69) is 9.82 Å². The van der Waals surface area contributed by atoms with Crippen LogP contribution in [0.25, 0.3) is 5.52 Å². The fraction of sp³-hybridized carbons (Fsp3) is 0.200. The molecule has 0 bridgehead atoms. The van der Waals surface area contributed by atoms with Crippen molar-refractivity contribution in [2.75, 3.05) is 4.72 Å². The van der Waals surface area contributed by atoms with Gasteiger partial charge < -0.3 is 0 Å². The number of aromatic nitrogens is 3. The van der Waals surface area contributed by atoms with Crippen molar-refractivity contribution in [3.8, 4) is 0 Å². The van der Waals surface area contributed by atoms with Gasteiger partial charge in [0.15, 0.2) is 0 Å². The summed E-state index contributed by atoms with van der Waals surface area (Å²) in [6.45, 7) is 3.72. The van der Waals surface area contributed by atoms with Crippen molar-refractivity contribution in [1.82, 2.24) is 14.2 Å². The number of nitrogens with zero attached hydrogens (tertiary/aromatic N) is 3. The Morgan fingerprint density at radius 1 is 1.29 bits per heavy atom. The Balaban J connectivity index is 2.03. The third kappa shape index (κ3) is 2.78. The van der Waals surface area contributed by atoms with Crippen molar-refractivity contribution in [2.24, 2.45) is 0 Å². The molecule has 0 radical (unpaired) electrons. The summed E-state index contributed by atoms with van der Waals surface area (Å²) >= 11 is 0. The van der Waals surface area contributed by atoms with E-state index in [4.69, 9.17) is 0 Å². The van der Waals surface area contributed by atoms with E-state index in [1.54, 1.807) is 13.8 Å². The summed E-state index contributed by atoms with van der Waals surface area (Å²) < 4.78 is 43.4. The minimum absolute atomic E-state index is 0.101. The van der Waals surface area contributed by atoms with Crippen LogP contribution >= 0.6 is 0 Å². The molecule has 3 aromatic rings. The summed E-state index contributed by atoms with van der Waals surface area (Å²) in [5.41, 5.74) is 0.335. The second kappa shape index (κ2) is 5.75. The van der Waals surface area contributed by atoms with Crippen LogP contribution in [0.5, 0.6) is 0 Å². The molecular weight excluding hydrogens is 335 g/mol. The number of sulfonamides is 1. The molecule has 1 N–H and O–H groups in total. The van der Waals surface area contributed by atoms with Crippen LogP contribution < -0.4 is 10.3 Å². The molecule has 0 amide bonds. The fourth-order valence-electron chi connectivity index (χ4n) is 2.27. The lowest BCUT2D eigenvalue weighted by atomic mass is 10.2. The molecule has 0 spiro atoms. The third-order valence-corrected chi connectivity index (χ3v) is 4.97. The van der Waals surface area contributed by atoms with Gasteiger partial charge in [-0.15, -0.1) is 0 Å². The van der Waals surface area contributed by atoms with E-state index >= 15 is 0 Å². The molecule has 24 heavy (non-hydrogen) atoms. The lowest BCUT2D eigenvalue weighted by molar-refractivity contribution is 0.600. The highest BCUT2D eigenvalue weighted by atomic mass is 32.2. The molecule has 0 aliphatic carbocycles. The van der Waals surface area contributed by atoms with Crippen LogP contribution in [0.4, 0.5) is 10.1 Å². The lowest BCUT2D eigenvalue weighted by Crippen LogP contribution is -2.23. The molecule has 9 heteroatoms. The summed E-state index contributed by atoms with van der Waals surface area (Å²) in [4.78, 5) is 12.1. The number of halogens is 1. The van der Waals surface area contributed by atoms with E-state index in [0.29, 0.717) is 12.1 Å². The van der Waals surface area contributed by atoms with Gasteiger partial charge in [0.25, 0.3) is 15.6 Å². The van der Waals surface area contributed by atoms with Gasteiger partial charge in [-0.3, -0.25) is 13.9 Å². The molecule has 2 heterocycles. The minimum Gasteiger partial charge on any atom is -0.300 e. The van der Waals surface area contributed by atoms with Crippen LogP contribution in [-0.2, 0) is 16.6 Å². The van der Waals surface area contributed by atoms with Crippen molar-refractivity contribution in [2.45, 2.75) is 25.3 Å². The summed E-state index contributed by atoms with van der Waals surface area (Å²) in [7, 11) is -3.95. The number of nitrogens with one attached hydrogen (secondary N) is 1. The maximum atomic E-state index is 13.6. The van der Waals surface area contributed by atoms with Crippen LogP contribution in [0.15, 0.2) is 46.5 Å². The van der Waals surface area contributed by atoms with E-state index in [9.17, 15) is 17.6 Å². The first-order valence-electron chi connectivity index (χ1n) is 7.18. The molecule has 7 nitrogen and oxygen atoms in total. The third-order valence-electron chi connectivity index (χ3n) is 3.63. The van der Waals surface area contributed by atoms with Gasteiger partial charge in [-0.1, -0.05) is 6.07 Å². The lowest BCUT2D eigenvalue weighted by Gasteiger charge is -2.07. The zero-order valence-electron chi connectivity index (χ0n) is 13.0. The topological polar surface area (TPSA) is 85.5 Å². The van der Waals surface area contributed by atoms with Crippen molar-refractivity contribution in [3.05, 3.63) is 58.5 Å². The quantitative estimate of drug-likeness (QED) is 0.777. The molecule has 3 rings (SSSR count). The summed E-state index contributed by atoms with van der Waals surface area (Å²) in [6, 6.07) is 5.32. The smallest absolute Gasteiger partial charge is 0.291 e. The first kappa shape index (κ1) is 16.2. The highest BCUT2D eigenvalue weighted by Crippen LogP contribution is 2.19. The van der Waals surface area contributed by atoms with Gasteiger partial charge in [-0.2, -0.15) is 5.10 Å². The van der Waals surface area contributed by atoms with Crippen LogP contribution in [0, 0.1) is 12.7 Å². The van der Waals surface area contributed by atoms with Gasteiger partial charge in [-0.05, 0) is 37.6 Å². The van der Waals surface area contributed by atoms with E-state index in [0.717, 1.165) is 6.07 Å². The number of rotatable bonds is 4. The zero-order valence-corrected chi connectivity index (χ0v) is 13.8. The molecule has 0 saturated carbocycles. The van der Waals surface area contributed by atoms with Gasteiger partial charge in [0.2, 0.25) is 0 Å². The van der Waals surface area contributed by atoms with Gasteiger partial charge in [0, 0.05) is 12.7 Å². The Labute approximate surface area is 137 Å². The van der Waals surface area contributed by atoms with Gasteiger partial charge in [0.1, 0.15) is 22.6 Å². The van der Waals surface area contributed by atoms with Crippen molar-refractivity contribution in [3.63, 3.8) is 0 Å². The minimum atomic E-state index is -3.95.